The number of carbonyl (C=O) groups is 3. The molecule has 0 bridgehead atoms. The van der Waals surface area contributed by atoms with Gasteiger partial charge in [-0.2, -0.15) is 4.57 Å². The van der Waals surface area contributed by atoms with Crippen molar-refractivity contribution in [3.05, 3.63) is 140 Å². The first kappa shape index (κ1) is 28.4. The van der Waals surface area contributed by atoms with Gasteiger partial charge in [0.05, 0.1) is 17.7 Å². The molecular weight excluding hydrogens is 544 g/mol. The lowest BCUT2D eigenvalue weighted by Crippen LogP contribution is -2.48. The number of hydrogen-bond donors (Lipinski definition) is 1. The van der Waals surface area contributed by atoms with E-state index in [0.717, 1.165) is 4.57 Å². The molecule has 0 radical (unpaired) electrons. The molecule has 1 aliphatic heterocycles. The van der Waals surface area contributed by atoms with Gasteiger partial charge in [0.2, 0.25) is 0 Å². The summed E-state index contributed by atoms with van der Waals surface area (Å²) in [5.74, 6) is -2.46. The van der Waals surface area contributed by atoms with Crippen molar-refractivity contribution in [2.75, 3.05) is 6.61 Å². The number of hydrogen-bond acceptors (Lipinski definition) is 9. The van der Waals surface area contributed by atoms with E-state index < -0.39 is 60.2 Å². The van der Waals surface area contributed by atoms with Crippen LogP contribution >= 0.6 is 0 Å². The number of aliphatic hydroxyl groups excluding tert-OH is 1. The summed E-state index contributed by atoms with van der Waals surface area (Å²) in [4.78, 5) is 66.1. The minimum Gasteiger partial charge on any atom is -0.452 e. The van der Waals surface area contributed by atoms with Crippen LogP contribution in [-0.2, 0) is 14.2 Å². The molecule has 0 amide bonds. The third-order valence-corrected chi connectivity index (χ3v) is 6.75. The first-order valence-corrected chi connectivity index (χ1v) is 13.0. The Kier molecular flexibility index (Phi) is 8.23. The standard InChI is InChI=1S/C31H26N2O9/c1-19-17-32(31(39)33(26(19)35)27(36)20-11-5-2-6-12-20)28-25(42-30(38)22-15-9-4-10-16-22)24(23(18-34)40-28)41-29(37)21-13-7-3-8-14-21/h2-17,23-25,28,34H,18H2,1H3/t23-,24-,25-,28-/m1/s1. The first-order chi connectivity index (χ1) is 20.3. The zero-order valence-corrected chi connectivity index (χ0v) is 22.4. The number of rotatable bonds is 7. The molecule has 11 nitrogen and oxygen atoms in total. The van der Waals surface area contributed by atoms with E-state index in [0.29, 0.717) is 4.57 Å². The molecule has 0 aliphatic carbocycles. The zero-order chi connectivity index (χ0) is 29.8. The molecule has 4 atom stereocenters. The van der Waals surface area contributed by atoms with Gasteiger partial charge in [-0.1, -0.05) is 54.6 Å². The van der Waals surface area contributed by atoms with Gasteiger partial charge >= 0.3 is 17.6 Å². The summed E-state index contributed by atoms with van der Waals surface area (Å²) in [6.07, 6.45) is -4.36. The van der Waals surface area contributed by atoms with Crippen molar-refractivity contribution < 1.29 is 33.7 Å². The van der Waals surface area contributed by atoms with Crippen LogP contribution in [0, 0.1) is 6.92 Å². The molecule has 3 aromatic carbocycles. The maximum absolute atomic E-state index is 13.7. The van der Waals surface area contributed by atoms with Gasteiger partial charge in [-0.3, -0.25) is 14.2 Å². The second-order valence-electron chi connectivity index (χ2n) is 9.53. The van der Waals surface area contributed by atoms with E-state index in [1.807, 2.05) is 0 Å². The summed E-state index contributed by atoms with van der Waals surface area (Å²) < 4.78 is 18.8. The zero-order valence-electron chi connectivity index (χ0n) is 22.4. The van der Waals surface area contributed by atoms with Crippen molar-refractivity contribution in [2.24, 2.45) is 0 Å². The average Bonchev–Trinajstić information content (AvgIpc) is 3.36. The lowest BCUT2D eigenvalue weighted by atomic mass is 10.1. The number of carbonyl (C=O) groups excluding carboxylic acids is 3. The number of aromatic nitrogens is 2. The smallest absolute Gasteiger partial charge is 0.340 e. The minimum absolute atomic E-state index is 0.0147. The van der Waals surface area contributed by atoms with Gasteiger partial charge in [-0.25, -0.2) is 14.4 Å². The Morgan fingerprint density at radius 2 is 1.24 bits per heavy atom. The first-order valence-electron chi connectivity index (χ1n) is 13.0. The number of ether oxygens (including phenoxy) is 3. The van der Waals surface area contributed by atoms with Crippen molar-refractivity contribution in [2.45, 2.75) is 31.5 Å². The molecule has 1 N–H and O–H groups in total. The minimum atomic E-state index is -1.48. The van der Waals surface area contributed by atoms with Gasteiger partial charge in [0.1, 0.15) is 6.10 Å². The molecule has 4 aromatic rings. The van der Waals surface area contributed by atoms with Crippen LogP contribution in [-0.4, -0.2) is 57.0 Å². The number of aliphatic hydroxyl groups is 1. The maximum atomic E-state index is 13.7. The van der Waals surface area contributed by atoms with E-state index in [4.69, 9.17) is 14.2 Å². The second-order valence-corrected chi connectivity index (χ2v) is 9.53. The fraction of sp³-hybridized carbons (Fsp3) is 0.194. The number of nitrogens with zero attached hydrogens (tertiary/aromatic N) is 2. The molecule has 0 saturated carbocycles. The Hall–Kier alpha value is -5.13. The summed E-state index contributed by atoms with van der Waals surface area (Å²) in [5, 5.41) is 10.2. The summed E-state index contributed by atoms with van der Waals surface area (Å²) >= 11 is 0. The van der Waals surface area contributed by atoms with Gasteiger partial charge in [-0.05, 0) is 43.3 Å². The van der Waals surface area contributed by atoms with Crippen LogP contribution in [0.3, 0.4) is 0 Å². The van der Waals surface area contributed by atoms with Crippen molar-refractivity contribution >= 4 is 17.8 Å². The number of esters is 2. The van der Waals surface area contributed by atoms with Crippen molar-refractivity contribution in [3.63, 3.8) is 0 Å². The van der Waals surface area contributed by atoms with Gasteiger partial charge in [0.15, 0.2) is 18.4 Å². The predicted molar refractivity (Wildman–Crippen MR) is 148 cm³/mol. The molecule has 42 heavy (non-hydrogen) atoms. The highest BCUT2D eigenvalue weighted by molar-refractivity contribution is 5.95. The second kappa shape index (κ2) is 12.2. The molecule has 1 aromatic heterocycles. The lowest BCUT2D eigenvalue weighted by molar-refractivity contribution is -0.0609. The lowest BCUT2D eigenvalue weighted by Gasteiger charge is -2.25. The van der Waals surface area contributed by atoms with Gasteiger partial charge in [0, 0.05) is 17.3 Å². The van der Waals surface area contributed by atoms with E-state index in [1.165, 1.54) is 49.5 Å². The summed E-state index contributed by atoms with van der Waals surface area (Å²) in [6, 6.07) is 23.8. The van der Waals surface area contributed by atoms with Crippen molar-refractivity contribution in [1.29, 1.82) is 0 Å². The Morgan fingerprint density at radius 3 is 1.74 bits per heavy atom. The quantitative estimate of drug-likeness (QED) is 0.331. The molecule has 0 unspecified atom stereocenters. The van der Waals surface area contributed by atoms with E-state index >= 15 is 0 Å². The third-order valence-electron chi connectivity index (χ3n) is 6.75. The summed E-state index contributed by atoms with van der Waals surface area (Å²) in [5.41, 5.74) is -1.44. The molecule has 1 aliphatic rings. The topological polar surface area (TPSA) is 143 Å². The highest BCUT2D eigenvalue weighted by Crippen LogP contribution is 2.34. The van der Waals surface area contributed by atoms with Gasteiger partial charge in [-0.15, -0.1) is 0 Å². The van der Waals surface area contributed by atoms with Crippen LogP contribution in [0.15, 0.2) is 107 Å². The van der Waals surface area contributed by atoms with Crippen LogP contribution in [0.4, 0.5) is 0 Å². The Morgan fingerprint density at radius 1 is 0.762 bits per heavy atom. The fourth-order valence-corrected chi connectivity index (χ4v) is 4.65. The number of aryl methyl sites for hydroxylation is 1. The molecule has 214 valence electrons. The molecule has 1 fully saturated rings. The van der Waals surface area contributed by atoms with Crippen molar-refractivity contribution in [3.8, 4) is 0 Å². The van der Waals surface area contributed by atoms with E-state index in [9.17, 15) is 29.1 Å². The average molecular weight is 571 g/mol. The maximum Gasteiger partial charge on any atom is 0.340 e. The van der Waals surface area contributed by atoms with Gasteiger partial charge in [0.25, 0.3) is 11.5 Å². The van der Waals surface area contributed by atoms with E-state index in [-0.39, 0.29) is 22.3 Å². The summed E-state index contributed by atoms with van der Waals surface area (Å²) in [7, 11) is 0. The van der Waals surface area contributed by atoms with Crippen molar-refractivity contribution in [1.82, 2.24) is 9.13 Å². The fourth-order valence-electron chi connectivity index (χ4n) is 4.65. The van der Waals surface area contributed by atoms with E-state index in [1.54, 1.807) is 54.6 Å². The normalized spacial score (nSPS) is 19.7. The van der Waals surface area contributed by atoms with Crippen LogP contribution in [0.25, 0.3) is 0 Å². The highest BCUT2D eigenvalue weighted by atomic mass is 16.6. The van der Waals surface area contributed by atoms with Crippen LogP contribution in [0.2, 0.25) is 0 Å². The molecule has 11 heteroatoms. The Labute approximate surface area is 239 Å². The van der Waals surface area contributed by atoms with E-state index in [2.05, 4.69) is 0 Å². The number of benzene rings is 3. The Bertz CT molecular complexity index is 1720. The Balaban J connectivity index is 1.59. The molecular formula is C31H26N2O9. The third kappa shape index (κ3) is 5.55. The molecule has 5 rings (SSSR count). The van der Waals surface area contributed by atoms with Crippen LogP contribution < -0.4 is 11.2 Å². The van der Waals surface area contributed by atoms with Crippen LogP contribution in [0.5, 0.6) is 0 Å². The summed E-state index contributed by atoms with van der Waals surface area (Å²) in [6.45, 7) is 0.738. The highest BCUT2D eigenvalue weighted by Gasteiger charge is 2.51. The largest absolute Gasteiger partial charge is 0.452 e. The molecule has 0 spiro atoms. The predicted octanol–water partition coefficient (Wildman–Crippen LogP) is 2.35. The van der Waals surface area contributed by atoms with Gasteiger partial charge < -0.3 is 19.3 Å². The molecule has 1 saturated heterocycles. The SMILES string of the molecule is Cc1cn([C@@H]2O[C@H](CO)[C@@H](OC(=O)c3ccccc3)[C@H]2OC(=O)c2ccccc2)c(=O)n(C(=O)c2ccccc2)c1=O. The molecule has 2 heterocycles. The van der Waals surface area contributed by atoms with Crippen LogP contribution in [0.1, 0.15) is 42.9 Å². The monoisotopic (exact) mass is 570 g/mol.